The smallest absolute Gasteiger partial charge is 0.162 e. The van der Waals surface area contributed by atoms with E-state index in [9.17, 15) is 0 Å². The van der Waals surface area contributed by atoms with Crippen LogP contribution in [0.15, 0.2) is 60.3 Å². The molecule has 1 heterocycles. The zero-order valence-corrected chi connectivity index (χ0v) is 14.4. The van der Waals surface area contributed by atoms with Crippen LogP contribution in [0.5, 0.6) is 0 Å². The lowest BCUT2D eigenvalue weighted by molar-refractivity contribution is -0.458. The lowest BCUT2D eigenvalue weighted by Crippen LogP contribution is -2.25. The van der Waals surface area contributed by atoms with Crippen LogP contribution in [0.2, 0.25) is 0 Å². The van der Waals surface area contributed by atoms with Crippen molar-refractivity contribution in [3.8, 4) is 0 Å². The van der Waals surface area contributed by atoms with Crippen LogP contribution in [0.4, 0.5) is 5.69 Å². The van der Waals surface area contributed by atoms with Crippen molar-refractivity contribution in [2.75, 3.05) is 25.5 Å². The minimum absolute atomic E-state index is 0.0520. The van der Waals surface area contributed by atoms with E-state index in [0.717, 1.165) is 6.54 Å². The molecule has 116 valence electrons. The molecule has 1 aromatic carbocycles. The molecule has 0 fully saturated rings. The average molecular weight is 295 g/mol. The quantitative estimate of drug-likeness (QED) is 0.459. The predicted molar refractivity (Wildman–Crippen MR) is 97.0 cm³/mol. The number of hydrogen-bond acceptors (Lipinski definition) is 1. The highest BCUT2D eigenvalue weighted by molar-refractivity contribution is 5.70. The first-order chi connectivity index (χ1) is 10.5. The Morgan fingerprint density at radius 2 is 1.73 bits per heavy atom. The Labute approximate surface area is 134 Å². The first-order valence-electron chi connectivity index (χ1n) is 7.91. The Morgan fingerprint density at radius 3 is 2.41 bits per heavy atom. The second-order valence-electron chi connectivity index (χ2n) is 6.32. The average Bonchev–Trinajstić information content (AvgIpc) is 2.70. The lowest BCUT2D eigenvalue weighted by Gasteiger charge is -2.25. The van der Waals surface area contributed by atoms with E-state index in [-0.39, 0.29) is 5.41 Å². The Bertz CT molecular complexity index is 641. The third kappa shape index (κ3) is 3.22. The van der Waals surface area contributed by atoms with Crippen LogP contribution in [-0.4, -0.2) is 31.4 Å². The van der Waals surface area contributed by atoms with Crippen molar-refractivity contribution in [2.45, 2.75) is 26.2 Å². The number of benzene rings is 1. The third-order valence-electron chi connectivity index (χ3n) is 4.09. The molecule has 0 spiro atoms. The van der Waals surface area contributed by atoms with Crippen LogP contribution in [0.1, 0.15) is 26.3 Å². The van der Waals surface area contributed by atoms with Crippen LogP contribution in [0.3, 0.4) is 0 Å². The third-order valence-corrected chi connectivity index (χ3v) is 4.09. The molecule has 0 radical (unpaired) electrons. The molecule has 0 amide bonds. The van der Waals surface area contributed by atoms with Gasteiger partial charge in [-0.3, -0.25) is 0 Å². The number of anilines is 1. The minimum Gasteiger partial charge on any atom is -0.344 e. The molecule has 0 aliphatic carbocycles. The largest absolute Gasteiger partial charge is 0.344 e. The number of allylic oxidation sites excluding steroid dienone is 6. The van der Waals surface area contributed by atoms with Gasteiger partial charge in [0.25, 0.3) is 0 Å². The van der Waals surface area contributed by atoms with Gasteiger partial charge in [0, 0.05) is 29.4 Å². The van der Waals surface area contributed by atoms with Gasteiger partial charge in [-0.1, -0.05) is 50.3 Å². The SMILES string of the molecule is CCN1/C(=C/C=C/C=C/C=[N+](C)C)C(C)(C)c2ccccc21. The maximum atomic E-state index is 2.41. The summed E-state index contributed by atoms with van der Waals surface area (Å²) in [5.41, 5.74) is 4.16. The van der Waals surface area contributed by atoms with Gasteiger partial charge in [-0.15, -0.1) is 0 Å². The summed E-state index contributed by atoms with van der Waals surface area (Å²) < 4.78 is 2.03. The summed E-state index contributed by atoms with van der Waals surface area (Å²) in [5, 5.41) is 0. The summed E-state index contributed by atoms with van der Waals surface area (Å²) in [7, 11) is 4.04. The first kappa shape index (κ1) is 16.3. The van der Waals surface area contributed by atoms with E-state index in [1.807, 2.05) is 31.0 Å². The van der Waals surface area contributed by atoms with Gasteiger partial charge in [0.05, 0.1) is 0 Å². The number of fused-ring (bicyclic) bond motifs is 1. The molecule has 0 unspecified atom stereocenters. The van der Waals surface area contributed by atoms with Crippen LogP contribution < -0.4 is 4.90 Å². The van der Waals surface area contributed by atoms with E-state index in [4.69, 9.17) is 0 Å². The van der Waals surface area contributed by atoms with Gasteiger partial charge in [0.1, 0.15) is 14.1 Å². The maximum absolute atomic E-state index is 2.41. The summed E-state index contributed by atoms with van der Waals surface area (Å²) in [6, 6.07) is 8.72. The number of likely N-dealkylation sites (N-methyl/N-ethyl adjacent to an activating group) is 1. The molecule has 22 heavy (non-hydrogen) atoms. The molecule has 1 aromatic rings. The molecule has 0 saturated heterocycles. The van der Waals surface area contributed by atoms with Gasteiger partial charge in [-0.25, -0.2) is 4.58 Å². The van der Waals surface area contributed by atoms with Crippen molar-refractivity contribution in [1.29, 1.82) is 0 Å². The number of hydrogen-bond donors (Lipinski definition) is 0. The van der Waals surface area contributed by atoms with E-state index >= 15 is 0 Å². The van der Waals surface area contributed by atoms with Crippen molar-refractivity contribution in [1.82, 2.24) is 0 Å². The lowest BCUT2D eigenvalue weighted by atomic mass is 9.84. The summed E-state index contributed by atoms with van der Waals surface area (Å²) in [6.45, 7) is 7.81. The van der Waals surface area contributed by atoms with Crippen LogP contribution >= 0.6 is 0 Å². The van der Waals surface area contributed by atoms with Crippen LogP contribution in [0.25, 0.3) is 0 Å². The van der Waals surface area contributed by atoms with Gasteiger partial charge in [-0.05, 0) is 24.6 Å². The van der Waals surface area contributed by atoms with Crippen molar-refractivity contribution in [3.05, 3.63) is 65.9 Å². The molecular weight excluding hydrogens is 268 g/mol. The molecule has 0 saturated carbocycles. The Balaban J connectivity index is 2.27. The van der Waals surface area contributed by atoms with Gasteiger partial charge in [-0.2, -0.15) is 0 Å². The van der Waals surface area contributed by atoms with Gasteiger partial charge >= 0.3 is 0 Å². The standard InChI is InChI=1S/C20H27N2/c1-6-22-18-14-11-10-13-17(18)20(2,3)19(22)15-9-7-8-12-16-21(4)5/h7-16H,6H2,1-5H3/q+1. The van der Waals surface area contributed by atoms with Crippen molar-refractivity contribution in [2.24, 2.45) is 0 Å². The highest BCUT2D eigenvalue weighted by Gasteiger charge is 2.38. The normalized spacial score (nSPS) is 18.4. The number of nitrogens with zero attached hydrogens (tertiary/aromatic N) is 2. The molecule has 0 atom stereocenters. The van der Waals surface area contributed by atoms with Crippen LogP contribution in [-0.2, 0) is 5.41 Å². The number of para-hydroxylation sites is 1. The van der Waals surface area contributed by atoms with Crippen molar-refractivity contribution >= 4 is 11.9 Å². The Kier molecular flexibility index (Phi) is 5.02. The molecule has 2 heteroatoms. The summed E-state index contributed by atoms with van der Waals surface area (Å²) in [5.74, 6) is 0. The molecule has 0 N–H and O–H groups in total. The van der Waals surface area contributed by atoms with E-state index in [2.05, 4.69) is 74.2 Å². The van der Waals surface area contributed by atoms with Crippen molar-refractivity contribution in [3.63, 3.8) is 0 Å². The van der Waals surface area contributed by atoms with Crippen molar-refractivity contribution < 1.29 is 4.58 Å². The first-order valence-corrected chi connectivity index (χ1v) is 7.91. The summed E-state index contributed by atoms with van der Waals surface area (Å²) in [4.78, 5) is 2.41. The zero-order valence-electron chi connectivity index (χ0n) is 14.4. The fraction of sp³-hybridized carbons (Fsp3) is 0.350. The van der Waals surface area contributed by atoms with Gasteiger partial charge in [0.2, 0.25) is 0 Å². The van der Waals surface area contributed by atoms with E-state index in [1.165, 1.54) is 16.9 Å². The monoisotopic (exact) mass is 295 g/mol. The molecule has 1 aliphatic heterocycles. The Morgan fingerprint density at radius 1 is 1.05 bits per heavy atom. The highest BCUT2D eigenvalue weighted by Crippen LogP contribution is 2.47. The minimum atomic E-state index is 0.0520. The molecule has 2 rings (SSSR count). The van der Waals surface area contributed by atoms with E-state index in [0.29, 0.717) is 0 Å². The summed E-state index contributed by atoms with van der Waals surface area (Å²) in [6.07, 6.45) is 12.6. The summed E-state index contributed by atoms with van der Waals surface area (Å²) >= 11 is 0. The van der Waals surface area contributed by atoms with E-state index in [1.54, 1.807) is 0 Å². The van der Waals surface area contributed by atoms with Gasteiger partial charge in [0.15, 0.2) is 6.21 Å². The molecule has 0 aromatic heterocycles. The molecule has 2 nitrogen and oxygen atoms in total. The predicted octanol–water partition coefficient (Wildman–Crippen LogP) is 4.14. The number of rotatable bonds is 4. The fourth-order valence-corrected chi connectivity index (χ4v) is 2.98. The highest BCUT2D eigenvalue weighted by atomic mass is 15.2. The second-order valence-corrected chi connectivity index (χ2v) is 6.32. The van der Waals surface area contributed by atoms with Crippen LogP contribution in [0, 0.1) is 0 Å². The Hall–Kier alpha value is -2.09. The second kappa shape index (κ2) is 6.78. The fourth-order valence-electron chi connectivity index (χ4n) is 2.98. The molecular formula is C20H27N2+. The molecule has 1 aliphatic rings. The molecule has 0 bridgehead atoms. The maximum Gasteiger partial charge on any atom is 0.162 e. The zero-order chi connectivity index (χ0) is 16.2. The van der Waals surface area contributed by atoms with E-state index < -0.39 is 0 Å². The topological polar surface area (TPSA) is 6.25 Å². The van der Waals surface area contributed by atoms with Gasteiger partial charge < -0.3 is 4.90 Å².